The number of hydrogen-bond acceptors (Lipinski definition) is 3. The van der Waals surface area contributed by atoms with Crippen LogP contribution in [0.5, 0.6) is 0 Å². The molecule has 0 spiro atoms. The van der Waals surface area contributed by atoms with Gasteiger partial charge in [0.1, 0.15) is 0 Å². The molecule has 1 unspecified atom stereocenters. The lowest BCUT2D eigenvalue weighted by atomic mass is 9.69. The predicted octanol–water partition coefficient (Wildman–Crippen LogP) is 3.45. The zero-order valence-electron chi connectivity index (χ0n) is 13.3. The molecule has 5 heteroatoms. The highest BCUT2D eigenvalue weighted by Crippen LogP contribution is 2.42. The Morgan fingerprint density at radius 2 is 1.90 bits per heavy atom. The maximum Gasteiger partial charge on any atom is 0.303 e. The van der Waals surface area contributed by atoms with E-state index in [-0.39, 0.29) is 23.8 Å². The molecule has 21 heavy (non-hydrogen) atoms. The lowest BCUT2D eigenvalue weighted by molar-refractivity contribution is -0.141. The maximum atomic E-state index is 12.2. The Morgan fingerprint density at radius 3 is 2.48 bits per heavy atom. The van der Waals surface area contributed by atoms with E-state index in [9.17, 15) is 9.59 Å². The molecular weight excluding hydrogens is 286 g/mol. The van der Waals surface area contributed by atoms with E-state index in [4.69, 9.17) is 5.11 Å². The molecule has 122 valence electrons. The van der Waals surface area contributed by atoms with Gasteiger partial charge in [-0.1, -0.05) is 26.2 Å². The first-order valence-electron chi connectivity index (χ1n) is 8.06. The van der Waals surface area contributed by atoms with Crippen molar-refractivity contribution in [2.45, 2.75) is 71.3 Å². The number of carboxylic acid groups (broad SMARTS) is 1. The van der Waals surface area contributed by atoms with Gasteiger partial charge in [-0.05, 0) is 43.1 Å². The van der Waals surface area contributed by atoms with Gasteiger partial charge in [0, 0.05) is 12.5 Å². The van der Waals surface area contributed by atoms with Crippen LogP contribution in [-0.4, -0.2) is 34.5 Å². The summed E-state index contributed by atoms with van der Waals surface area (Å²) in [5.41, 5.74) is -0.313. The first-order chi connectivity index (χ1) is 9.97. The molecule has 0 aromatic rings. The molecule has 1 amide bonds. The highest BCUT2D eigenvalue weighted by Gasteiger charge is 2.36. The molecule has 1 aliphatic rings. The molecule has 0 aliphatic heterocycles. The molecule has 0 aromatic carbocycles. The molecule has 4 nitrogen and oxygen atoms in total. The fraction of sp³-hybridized carbons (Fsp3) is 0.875. The van der Waals surface area contributed by atoms with Crippen LogP contribution < -0.4 is 5.32 Å². The van der Waals surface area contributed by atoms with Crippen LogP contribution in [0, 0.1) is 5.41 Å². The summed E-state index contributed by atoms with van der Waals surface area (Å²) < 4.78 is 0. The number of aliphatic carboxylic acids is 1. The van der Waals surface area contributed by atoms with Crippen LogP contribution in [0.15, 0.2) is 0 Å². The monoisotopic (exact) mass is 315 g/mol. The molecule has 0 heterocycles. The number of amides is 1. The molecule has 0 aromatic heterocycles. The van der Waals surface area contributed by atoms with Crippen LogP contribution in [0.4, 0.5) is 0 Å². The van der Waals surface area contributed by atoms with Crippen molar-refractivity contribution >= 4 is 23.6 Å². The van der Waals surface area contributed by atoms with Gasteiger partial charge in [0.25, 0.3) is 0 Å². The van der Waals surface area contributed by atoms with Crippen LogP contribution in [0.25, 0.3) is 0 Å². The van der Waals surface area contributed by atoms with Gasteiger partial charge in [0.05, 0.1) is 6.42 Å². The summed E-state index contributed by atoms with van der Waals surface area (Å²) >= 11 is 1.88. The number of carbonyl (C=O) groups excluding carboxylic acids is 1. The zero-order valence-corrected chi connectivity index (χ0v) is 14.1. The number of thioether (sulfide) groups is 1. The van der Waals surface area contributed by atoms with Crippen LogP contribution in [0.2, 0.25) is 0 Å². The van der Waals surface area contributed by atoms with Crippen LogP contribution in [-0.2, 0) is 9.59 Å². The Balaban J connectivity index is 2.46. The van der Waals surface area contributed by atoms with E-state index in [0.29, 0.717) is 6.42 Å². The number of carboxylic acids is 1. The molecule has 1 fully saturated rings. The number of carbonyl (C=O) groups is 2. The first kappa shape index (κ1) is 18.3. The van der Waals surface area contributed by atoms with Gasteiger partial charge in [-0.25, -0.2) is 0 Å². The first-order valence-corrected chi connectivity index (χ1v) is 9.22. The third kappa shape index (κ3) is 7.21. The molecule has 1 rings (SSSR count). The van der Waals surface area contributed by atoms with E-state index < -0.39 is 5.97 Å². The number of nitrogens with one attached hydrogen (secondary N) is 1. The van der Waals surface area contributed by atoms with Gasteiger partial charge >= 0.3 is 5.97 Å². The molecule has 1 aliphatic carbocycles. The van der Waals surface area contributed by atoms with E-state index in [0.717, 1.165) is 50.0 Å². The minimum Gasteiger partial charge on any atom is -0.481 e. The average Bonchev–Trinajstić information content (AvgIpc) is 2.38. The summed E-state index contributed by atoms with van der Waals surface area (Å²) in [6.07, 6.45) is 6.45. The van der Waals surface area contributed by atoms with Crippen molar-refractivity contribution in [1.82, 2.24) is 5.32 Å². The van der Waals surface area contributed by atoms with Gasteiger partial charge < -0.3 is 10.4 Å². The Morgan fingerprint density at radius 1 is 1.24 bits per heavy atom. The topological polar surface area (TPSA) is 66.4 Å². The summed E-state index contributed by atoms with van der Waals surface area (Å²) in [5, 5.41) is 12.2. The Bertz CT molecular complexity index is 340. The number of rotatable bonds is 9. The van der Waals surface area contributed by atoms with Gasteiger partial charge in [0.2, 0.25) is 5.91 Å². The predicted molar refractivity (Wildman–Crippen MR) is 87.6 cm³/mol. The fourth-order valence-electron chi connectivity index (χ4n) is 3.18. The average molecular weight is 315 g/mol. The second-order valence-electron chi connectivity index (χ2n) is 6.26. The Hall–Kier alpha value is -0.710. The molecule has 0 radical (unpaired) electrons. The summed E-state index contributed by atoms with van der Waals surface area (Å²) in [6.45, 7) is 4.16. The van der Waals surface area contributed by atoms with E-state index in [1.165, 1.54) is 0 Å². The largest absolute Gasteiger partial charge is 0.481 e. The maximum absolute atomic E-state index is 12.2. The highest BCUT2D eigenvalue weighted by atomic mass is 32.2. The second kappa shape index (κ2) is 9.34. The van der Waals surface area contributed by atoms with E-state index in [2.05, 4.69) is 12.2 Å². The van der Waals surface area contributed by atoms with E-state index in [1.54, 1.807) is 0 Å². The summed E-state index contributed by atoms with van der Waals surface area (Å²) in [7, 11) is 0. The summed E-state index contributed by atoms with van der Waals surface area (Å²) in [6, 6.07) is 0.169. The van der Waals surface area contributed by atoms with Crippen molar-refractivity contribution in [3.8, 4) is 0 Å². The quantitative estimate of drug-likeness (QED) is 0.640. The van der Waals surface area contributed by atoms with E-state index >= 15 is 0 Å². The van der Waals surface area contributed by atoms with Crippen LogP contribution in [0.3, 0.4) is 0 Å². The second-order valence-corrected chi connectivity index (χ2v) is 7.66. The van der Waals surface area contributed by atoms with Gasteiger partial charge in [-0.15, -0.1) is 0 Å². The molecule has 2 N–H and O–H groups in total. The third-order valence-electron chi connectivity index (χ3n) is 4.28. The lowest BCUT2D eigenvalue weighted by Crippen LogP contribution is -2.39. The van der Waals surface area contributed by atoms with Crippen molar-refractivity contribution < 1.29 is 14.7 Å². The van der Waals surface area contributed by atoms with Crippen LogP contribution >= 0.6 is 11.8 Å². The molecule has 0 bridgehead atoms. The number of hydrogen-bond donors (Lipinski definition) is 2. The van der Waals surface area contributed by atoms with Gasteiger partial charge in [0.15, 0.2) is 0 Å². The summed E-state index contributed by atoms with van der Waals surface area (Å²) in [4.78, 5) is 23.3. The summed E-state index contributed by atoms with van der Waals surface area (Å²) in [5.74, 6) is 1.39. The normalized spacial score (nSPS) is 19.0. The smallest absolute Gasteiger partial charge is 0.303 e. The zero-order chi connectivity index (χ0) is 15.7. The minimum absolute atomic E-state index is 0.0205. The SMILES string of the molecule is CCSCCC(C)NC(=O)CC1(CC(=O)O)CCCCC1. The van der Waals surface area contributed by atoms with E-state index in [1.807, 2.05) is 18.7 Å². The minimum atomic E-state index is -0.780. The molecule has 1 atom stereocenters. The van der Waals surface area contributed by atoms with Crippen molar-refractivity contribution in [1.29, 1.82) is 0 Å². The van der Waals surface area contributed by atoms with Crippen molar-refractivity contribution in [3.63, 3.8) is 0 Å². The van der Waals surface area contributed by atoms with Crippen LogP contribution in [0.1, 0.15) is 65.2 Å². The van der Waals surface area contributed by atoms with Crippen molar-refractivity contribution in [3.05, 3.63) is 0 Å². The standard InChI is InChI=1S/C16H29NO3S/c1-3-21-10-7-13(2)17-14(18)11-16(12-15(19)20)8-5-4-6-9-16/h13H,3-12H2,1-2H3,(H,17,18)(H,19,20). The van der Waals surface area contributed by atoms with Gasteiger partial charge in [-0.3, -0.25) is 9.59 Å². The molecule has 0 saturated heterocycles. The Labute approximate surface area is 132 Å². The highest BCUT2D eigenvalue weighted by molar-refractivity contribution is 7.99. The lowest BCUT2D eigenvalue weighted by Gasteiger charge is -2.35. The third-order valence-corrected chi connectivity index (χ3v) is 5.22. The molecule has 1 saturated carbocycles. The van der Waals surface area contributed by atoms with Crippen molar-refractivity contribution in [2.75, 3.05) is 11.5 Å². The Kier molecular flexibility index (Phi) is 8.15. The van der Waals surface area contributed by atoms with Crippen molar-refractivity contribution in [2.24, 2.45) is 5.41 Å². The molecular formula is C16H29NO3S. The fourth-order valence-corrected chi connectivity index (χ4v) is 3.99. The van der Waals surface area contributed by atoms with Gasteiger partial charge in [-0.2, -0.15) is 11.8 Å².